The summed E-state index contributed by atoms with van der Waals surface area (Å²) in [5.74, 6) is -0.415. The minimum atomic E-state index is -0.685. The molecule has 0 aliphatic rings. The molecule has 3 rings (SSSR count). The quantitative estimate of drug-likeness (QED) is 0.134. The smallest absolute Gasteiger partial charge is 0.345 e. The molecule has 0 aromatic heterocycles. The first-order valence-corrected chi connectivity index (χ1v) is 12.8. The van der Waals surface area contributed by atoms with Crippen LogP contribution in [-0.2, 0) is 4.79 Å². The maximum Gasteiger partial charge on any atom is 0.345 e. The second-order valence-electron chi connectivity index (χ2n) is 8.04. The molecule has 2 N–H and O–H groups in total. The molecule has 3 aromatic rings. The maximum absolute atomic E-state index is 12.6. The Morgan fingerprint density at radius 1 is 0.878 bits per heavy atom. The number of ether oxygens (including phenoxy) is 5. The number of nitrogens with zero attached hydrogens (tertiary/aromatic N) is 1. The lowest BCUT2D eigenvalue weighted by Gasteiger charge is -2.14. The highest BCUT2D eigenvalue weighted by atomic mass is 35.5. The van der Waals surface area contributed by atoms with Gasteiger partial charge in [-0.2, -0.15) is 5.10 Å². The number of benzene rings is 3. The summed E-state index contributed by atoms with van der Waals surface area (Å²) in [5.41, 5.74) is 3.22. The van der Waals surface area contributed by atoms with Crippen molar-refractivity contribution in [2.45, 2.75) is 6.92 Å². The number of hydrazone groups is 1. The highest BCUT2D eigenvalue weighted by molar-refractivity contribution is 6.36. The molecule has 0 heterocycles. The van der Waals surface area contributed by atoms with Crippen LogP contribution in [0.1, 0.15) is 33.2 Å². The van der Waals surface area contributed by atoms with E-state index in [9.17, 15) is 14.4 Å². The van der Waals surface area contributed by atoms with Gasteiger partial charge < -0.3 is 29.0 Å². The Kier molecular flexibility index (Phi) is 11.2. The predicted molar refractivity (Wildman–Crippen MR) is 153 cm³/mol. The maximum atomic E-state index is 12.6. The summed E-state index contributed by atoms with van der Waals surface area (Å²) in [4.78, 5) is 37.4. The average Bonchev–Trinajstić information content (AvgIpc) is 2.96. The summed E-state index contributed by atoms with van der Waals surface area (Å²) in [6.07, 6.45) is 1.36. The van der Waals surface area contributed by atoms with Crippen molar-refractivity contribution in [2.24, 2.45) is 5.10 Å². The van der Waals surface area contributed by atoms with Crippen molar-refractivity contribution in [3.8, 4) is 28.7 Å². The summed E-state index contributed by atoms with van der Waals surface area (Å²) in [7, 11) is 4.31. The zero-order valence-corrected chi connectivity index (χ0v) is 24.1. The first kappa shape index (κ1) is 31.1. The van der Waals surface area contributed by atoms with Crippen LogP contribution in [0.15, 0.2) is 53.6 Å². The fraction of sp³-hybridized carbons (Fsp3) is 0.214. The minimum absolute atomic E-state index is 0.143. The Morgan fingerprint density at radius 3 is 2.20 bits per heavy atom. The molecule has 3 aromatic carbocycles. The standard InChI is InChI=1S/C28H27Cl2N3O8/c1-5-40-22-10-16(6-9-21(22)41-28(36)19-8-7-18(29)13-20(19)30)14-32-33-25(34)15-31-27(35)17-11-23(37-2)26(39-4)24(12-17)38-3/h6-14H,5,15H2,1-4H3,(H,31,35)(H,33,34)/b32-14-. The van der Waals surface area contributed by atoms with Crippen LogP contribution >= 0.6 is 23.2 Å². The number of esters is 1. The van der Waals surface area contributed by atoms with Crippen LogP contribution in [0.25, 0.3) is 0 Å². The fourth-order valence-corrected chi connectivity index (χ4v) is 3.95. The van der Waals surface area contributed by atoms with Crippen molar-refractivity contribution in [2.75, 3.05) is 34.5 Å². The Balaban J connectivity index is 1.61. The van der Waals surface area contributed by atoms with E-state index in [1.807, 2.05) is 0 Å². The topological polar surface area (TPSA) is 134 Å². The van der Waals surface area contributed by atoms with Crippen molar-refractivity contribution < 1.29 is 38.1 Å². The number of halogens is 2. The van der Waals surface area contributed by atoms with Crippen molar-refractivity contribution in [3.63, 3.8) is 0 Å². The van der Waals surface area contributed by atoms with Crippen molar-refractivity contribution in [1.29, 1.82) is 0 Å². The van der Waals surface area contributed by atoms with Crippen molar-refractivity contribution >= 4 is 47.2 Å². The number of carbonyl (C=O) groups is 3. The van der Waals surface area contributed by atoms with E-state index in [0.29, 0.717) is 34.4 Å². The van der Waals surface area contributed by atoms with Crippen LogP contribution in [0, 0.1) is 0 Å². The molecule has 0 saturated carbocycles. The second kappa shape index (κ2) is 14.8. The van der Waals surface area contributed by atoms with Gasteiger partial charge in [0.2, 0.25) is 5.75 Å². The van der Waals surface area contributed by atoms with Gasteiger partial charge in [-0.3, -0.25) is 9.59 Å². The highest BCUT2D eigenvalue weighted by Gasteiger charge is 2.18. The fourth-order valence-electron chi connectivity index (χ4n) is 3.46. The van der Waals surface area contributed by atoms with Gasteiger partial charge in [-0.15, -0.1) is 0 Å². The van der Waals surface area contributed by atoms with Crippen molar-refractivity contribution in [1.82, 2.24) is 10.7 Å². The molecule has 0 fully saturated rings. The number of rotatable bonds is 12. The molecule has 0 atom stereocenters. The number of hydrogen-bond donors (Lipinski definition) is 2. The molecule has 0 unspecified atom stereocenters. The molecule has 0 aliphatic carbocycles. The van der Waals surface area contributed by atoms with Gasteiger partial charge in [-0.25, -0.2) is 10.2 Å². The molecule has 216 valence electrons. The molecule has 0 aliphatic heterocycles. The summed E-state index contributed by atoms with van der Waals surface area (Å²) in [6.45, 7) is 1.73. The average molecular weight is 604 g/mol. The zero-order valence-electron chi connectivity index (χ0n) is 22.6. The first-order chi connectivity index (χ1) is 19.7. The molecule has 13 heteroatoms. The predicted octanol–water partition coefficient (Wildman–Crippen LogP) is 4.52. The van der Waals surface area contributed by atoms with Crippen molar-refractivity contribution in [3.05, 3.63) is 75.3 Å². The summed E-state index contributed by atoms with van der Waals surface area (Å²) >= 11 is 12.0. The monoisotopic (exact) mass is 603 g/mol. The third kappa shape index (κ3) is 8.26. The van der Waals surface area contributed by atoms with Gasteiger partial charge in [0.15, 0.2) is 23.0 Å². The molecule has 0 spiro atoms. The molecule has 2 amide bonds. The molecule has 41 heavy (non-hydrogen) atoms. The van der Waals surface area contributed by atoms with Crippen LogP contribution in [0.5, 0.6) is 28.7 Å². The lowest BCUT2D eigenvalue weighted by Crippen LogP contribution is -2.34. The second-order valence-corrected chi connectivity index (χ2v) is 8.89. The number of methoxy groups -OCH3 is 3. The normalized spacial score (nSPS) is 10.6. The van der Waals surface area contributed by atoms with Crippen LogP contribution in [0.2, 0.25) is 10.0 Å². The Bertz CT molecular complexity index is 1440. The van der Waals surface area contributed by atoms with Crippen LogP contribution in [-0.4, -0.2) is 58.5 Å². The number of amides is 2. The third-order valence-corrected chi connectivity index (χ3v) is 5.91. The van der Waals surface area contributed by atoms with Gasteiger partial charge in [-0.05, 0) is 61.0 Å². The van der Waals surface area contributed by atoms with Crippen LogP contribution in [0.3, 0.4) is 0 Å². The zero-order chi connectivity index (χ0) is 29.9. The Morgan fingerprint density at radius 2 is 1.59 bits per heavy atom. The lowest BCUT2D eigenvalue weighted by atomic mass is 10.1. The number of nitrogens with one attached hydrogen (secondary N) is 2. The van der Waals surface area contributed by atoms with E-state index < -0.39 is 17.8 Å². The van der Waals surface area contributed by atoms with E-state index in [1.165, 1.54) is 63.9 Å². The summed E-state index contributed by atoms with van der Waals surface area (Å²) < 4.78 is 26.8. The Hall–Kier alpha value is -4.48. The summed E-state index contributed by atoms with van der Waals surface area (Å²) in [5, 5.41) is 6.94. The van der Waals surface area contributed by atoms with E-state index >= 15 is 0 Å². The van der Waals surface area contributed by atoms with E-state index in [4.69, 9.17) is 46.9 Å². The van der Waals surface area contributed by atoms with Gasteiger partial charge in [-0.1, -0.05) is 23.2 Å². The summed E-state index contributed by atoms with van der Waals surface area (Å²) in [6, 6.07) is 12.1. The van der Waals surface area contributed by atoms with Gasteiger partial charge in [0.05, 0.1) is 51.3 Å². The van der Waals surface area contributed by atoms with Gasteiger partial charge in [0.25, 0.3) is 11.8 Å². The van der Waals surface area contributed by atoms with E-state index in [-0.39, 0.29) is 34.2 Å². The van der Waals surface area contributed by atoms with Gasteiger partial charge in [0, 0.05) is 10.6 Å². The number of hydrogen-bond acceptors (Lipinski definition) is 9. The highest BCUT2D eigenvalue weighted by Crippen LogP contribution is 2.38. The number of carbonyl (C=O) groups excluding carboxylic acids is 3. The van der Waals surface area contributed by atoms with E-state index in [1.54, 1.807) is 19.1 Å². The Labute approximate surface area is 246 Å². The lowest BCUT2D eigenvalue weighted by molar-refractivity contribution is -0.120. The molecular weight excluding hydrogens is 577 g/mol. The van der Waals surface area contributed by atoms with E-state index in [2.05, 4.69) is 15.8 Å². The van der Waals surface area contributed by atoms with Gasteiger partial charge in [0.1, 0.15) is 0 Å². The van der Waals surface area contributed by atoms with Crippen LogP contribution in [0.4, 0.5) is 0 Å². The SMILES string of the molecule is CCOc1cc(/C=N\NC(=O)CNC(=O)c2cc(OC)c(OC)c(OC)c2)ccc1OC(=O)c1ccc(Cl)cc1Cl. The third-order valence-electron chi connectivity index (χ3n) is 5.36. The molecule has 0 saturated heterocycles. The first-order valence-electron chi connectivity index (χ1n) is 12.0. The van der Waals surface area contributed by atoms with Crippen LogP contribution < -0.4 is 34.4 Å². The molecular formula is C28H27Cl2N3O8. The largest absolute Gasteiger partial charge is 0.493 e. The minimum Gasteiger partial charge on any atom is -0.493 e. The van der Waals surface area contributed by atoms with E-state index in [0.717, 1.165) is 0 Å². The molecule has 0 radical (unpaired) electrons. The van der Waals surface area contributed by atoms with Gasteiger partial charge >= 0.3 is 5.97 Å². The molecule has 11 nitrogen and oxygen atoms in total. The molecule has 0 bridgehead atoms.